The smallest absolute Gasteiger partial charge is 0.403 e. The first-order valence-electron chi connectivity index (χ1n) is 7.67. The van der Waals surface area contributed by atoms with Crippen LogP contribution in [0.2, 0.25) is 0 Å². The maximum atomic E-state index is 13.7. The average Bonchev–Trinajstić information content (AvgIpc) is 2.49. The third kappa shape index (κ3) is 5.52. The molecule has 1 nitrogen and oxygen atoms in total. The van der Waals surface area contributed by atoms with Crippen LogP contribution in [0.4, 0.5) is 22.0 Å². The van der Waals surface area contributed by atoms with Crippen molar-refractivity contribution in [3.05, 3.63) is 41.7 Å². The summed E-state index contributed by atoms with van der Waals surface area (Å²) >= 11 is 0. The van der Waals surface area contributed by atoms with E-state index in [4.69, 9.17) is 0 Å². The second kappa shape index (κ2) is 7.79. The number of ether oxygens (including phenoxy) is 1. The molecule has 1 aromatic rings. The van der Waals surface area contributed by atoms with Crippen LogP contribution < -0.4 is 4.74 Å². The van der Waals surface area contributed by atoms with Gasteiger partial charge in [-0.1, -0.05) is 18.2 Å². The quantitative estimate of drug-likeness (QED) is 0.480. The Morgan fingerprint density at radius 1 is 1.13 bits per heavy atom. The van der Waals surface area contributed by atoms with Crippen molar-refractivity contribution in [3.8, 4) is 5.75 Å². The van der Waals surface area contributed by atoms with Gasteiger partial charge in [-0.15, -0.1) is 13.2 Å². The molecule has 0 bridgehead atoms. The van der Waals surface area contributed by atoms with Gasteiger partial charge in [-0.3, -0.25) is 4.39 Å². The van der Waals surface area contributed by atoms with E-state index in [-0.39, 0.29) is 12.6 Å². The molecule has 0 atom stereocenters. The Bertz CT molecular complexity index is 530. The fourth-order valence-corrected chi connectivity index (χ4v) is 2.98. The molecule has 128 valence electrons. The summed E-state index contributed by atoms with van der Waals surface area (Å²) in [5, 5.41) is 0. The first kappa shape index (κ1) is 17.8. The van der Waals surface area contributed by atoms with Crippen LogP contribution in [0, 0.1) is 11.7 Å². The van der Waals surface area contributed by atoms with E-state index >= 15 is 0 Å². The molecular weight excluding hydrogens is 315 g/mol. The lowest BCUT2D eigenvalue weighted by Crippen LogP contribution is -2.18. The van der Waals surface area contributed by atoms with Crippen molar-refractivity contribution in [2.45, 2.75) is 44.4 Å². The lowest BCUT2D eigenvalue weighted by atomic mass is 9.78. The predicted molar refractivity (Wildman–Crippen MR) is 77.5 cm³/mol. The Morgan fingerprint density at radius 3 is 2.39 bits per heavy atom. The van der Waals surface area contributed by atoms with Gasteiger partial charge in [-0.25, -0.2) is 4.39 Å². The average molecular weight is 334 g/mol. The van der Waals surface area contributed by atoms with Gasteiger partial charge in [0.1, 0.15) is 0 Å². The van der Waals surface area contributed by atoms with Crippen LogP contribution in [0.3, 0.4) is 0 Å². The first-order chi connectivity index (χ1) is 10.9. The van der Waals surface area contributed by atoms with Crippen molar-refractivity contribution in [1.82, 2.24) is 0 Å². The standard InChI is InChI=1S/C17H19F5O/c18-10-2-1-3-12-4-6-13(7-5-12)14-8-9-16(15(19)11-14)23-17(20,21)22/h1,3,8-9,11-13H,2,4-7,10H2/t12-,13-. The molecule has 0 unspecified atom stereocenters. The summed E-state index contributed by atoms with van der Waals surface area (Å²) in [4.78, 5) is 0. The maximum Gasteiger partial charge on any atom is 0.573 e. The van der Waals surface area contributed by atoms with Crippen molar-refractivity contribution in [2.75, 3.05) is 6.67 Å². The zero-order valence-electron chi connectivity index (χ0n) is 12.6. The van der Waals surface area contributed by atoms with Gasteiger partial charge in [0.15, 0.2) is 11.6 Å². The summed E-state index contributed by atoms with van der Waals surface area (Å²) in [6, 6.07) is 3.66. The maximum absolute atomic E-state index is 13.7. The van der Waals surface area contributed by atoms with Gasteiger partial charge in [-0.2, -0.15) is 0 Å². The van der Waals surface area contributed by atoms with Crippen LogP contribution in [0.1, 0.15) is 43.6 Å². The molecule has 0 heterocycles. The van der Waals surface area contributed by atoms with E-state index in [1.54, 1.807) is 0 Å². The highest BCUT2D eigenvalue weighted by atomic mass is 19.4. The van der Waals surface area contributed by atoms with E-state index in [9.17, 15) is 22.0 Å². The highest BCUT2D eigenvalue weighted by Gasteiger charge is 2.32. The largest absolute Gasteiger partial charge is 0.573 e. The van der Waals surface area contributed by atoms with Crippen LogP contribution in [-0.4, -0.2) is 13.0 Å². The van der Waals surface area contributed by atoms with Crippen LogP contribution in [0.25, 0.3) is 0 Å². The van der Waals surface area contributed by atoms with E-state index in [1.165, 1.54) is 6.07 Å². The fourth-order valence-electron chi connectivity index (χ4n) is 2.98. The Balaban J connectivity index is 1.95. The molecule has 23 heavy (non-hydrogen) atoms. The van der Waals surface area contributed by atoms with E-state index < -0.39 is 17.9 Å². The zero-order chi connectivity index (χ0) is 16.9. The molecule has 0 aromatic heterocycles. The Hall–Kier alpha value is -1.59. The third-order valence-corrected chi connectivity index (χ3v) is 4.11. The molecule has 1 saturated carbocycles. The molecule has 1 aliphatic carbocycles. The van der Waals surface area contributed by atoms with Crippen LogP contribution >= 0.6 is 0 Å². The van der Waals surface area contributed by atoms with Crippen molar-refractivity contribution in [1.29, 1.82) is 0 Å². The molecule has 1 aliphatic rings. The van der Waals surface area contributed by atoms with Crippen molar-refractivity contribution >= 4 is 0 Å². The fraction of sp³-hybridized carbons (Fsp3) is 0.529. The zero-order valence-corrected chi connectivity index (χ0v) is 12.6. The Kier molecular flexibility index (Phi) is 6.02. The molecule has 2 rings (SSSR count). The summed E-state index contributed by atoms with van der Waals surface area (Å²) in [6.45, 7) is -0.364. The molecule has 0 amide bonds. The van der Waals surface area contributed by atoms with E-state index in [0.717, 1.165) is 37.8 Å². The van der Waals surface area contributed by atoms with Crippen molar-refractivity contribution < 1.29 is 26.7 Å². The summed E-state index contributed by atoms with van der Waals surface area (Å²) in [6.07, 6.45) is 2.89. The lowest BCUT2D eigenvalue weighted by Gasteiger charge is -2.27. The minimum absolute atomic E-state index is 0.135. The normalized spacial score (nSPS) is 22.5. The molecule has 0 radical (unpaired) electrons. The second-order valence-electron chi connectivity index (χ2n) is 5.76. The molecular formula is C17H19F5O. The third-order valence-electron chi connectivity index (χ3n) is 4.11. The summed E-state index contributed by atoms with van der Waals surface area (Å²) in [7, 11) is 0. The Morgan fingerprint density at radius 2 is 1.83 bits per heavy atom. The molecule has 0 N–H and O–H groups in total. The van der Waals surface area contributed by atoms with Gasteiger partial charge in [-0.05, 0) is 61.6 Å². The SMILES string of the molecule is FCCC=C[C@H]1CC[C@H](c2ccc(OC(F)(F)F)c(F)c2)CC1. The predicted octanol–water partition coefficient (Wildman–Crippen LogP) is 5.91. The lowest BCUT2D eigenvalue weighted by molar-refractivity contribution is -0.275. The summed E-state index contributed by atoms with van der Waals surface area (Å²) < 4.78 is 65.8. The Labute approximate surface area is 132 Å². The number of alkyl halides is 4. The van der Waals surface area contributed by atoms with Gasteiger partial charge in [0.2, 0.25) is 0 Å². The number of halogens is 5. The van der Waals surface area contributed by atoms with Crippen LogP contribution in [0.15, 0.2) is 30.4 Å². The van der Waals surface area contributed by atoms with E-state index in [2.05, 4.69) is 4.74 Å². The molecule has 1 aromatic carbocycles. The number of allylic oxidation sites excluding steroid dienone is 2. The van der Waals surface area contributed by atoms with E-state index in [0.29, 0.717) is 17.9 Å². The molecule has 0 saturated heterocycles. The van der Waals surface area contributed by atoms with Crippen molar-refractivity contribution in [3.63, 3.8) is 0 Å². The van der Waals surface area contributed by atoms with Gasteiger partial charge < -0.3 is 4.74 Å². The van der Waals surface area contributed by atoms with Crippen molar-refractivity contribution in [2.24, 2.45) is 5.92 Å². The molecule has 0 spiro atoms. The molecule has 0 aliphatic heterocycles. The van der Waals surface area contributed by atoms with Gasteiger partial charge in [0.25, 0.3) is 0 Å². The summed E-state index contributed by atoms with van der Waals surface area (Å²) in [5.41, 5.74) is 0.697. The highest BCUT2D eigenvalue weighted by molar-refractivity contribution is 5.31. The molecule has 1 fully saturated rings. The number of hydrogen-bond acceptors (Lipinski definition) is 1. The van der Waals surface area contributed by atoms with Gasteiger partial charge >= 0.3 is 6.36 Å². The van der Waals surface area contributed by atoms with Crippen LogP contribution in [0.5, 0.6) is 5.75 Å². The topological polar surface area (TPSA) is 9.23 Å². The first-order valence-corrected chi connectivity index (χ1v) is 7.67. The number of benzene rings is 1. The molecule has 6 heteroatoms. The minimum Gasteiger partial charge on any atom is -0.403 e. The monoisotopic (exact) mass is 334 g/mol. The number of rotatable bonds is 5. The van der Waals surface area contributed by atoms with Gasteiger partial charge in [0.05, 0.1) is 6.67 Å². The number of hydrogen-bond donors (Lipinski definition) is 0. The second-order valence-corrected chi connectivity index (χ2v) is 5.76. The minimum atomic E-state index is -4.90. The van der Waals surface area contributed by atoms with Crippen LogP contribution in [-0.2, 0) is 0 Å². The highest BCUT2D eigenvalue weighted by Crippen LogP contribution is 2.38. The van der Waals surface area contributed by atoms with E-state index in [1.807, 2.05) is 12.2 Å². The van der Waals surface area contributed by atoms with Gasteiger partial charge in [0, 0.05) is 0 Å². The summed E-state index contributed by atoms with van der Waals surface area (Å²) in [5.74, 6) is -1.26.